The Morgan fingerprint density at radius 3 is 2.38 bits per heavy atom. The summed E-state index contributed by atoms with van der Waals surface area (Å²) in [6, 6.07) is 15.9. The van der Waals surface area contributed by atoms with Crippen molar-refractivity contribution in [3.8, 4) is 0 Å². The van der Waals surface area contributed by atoms with Crippen molar-refractivity contribution in [3.63, 3.8) is 0 Å². The van der Waals surface area contributed by atoms with Crippen molar-refractivity contribution in [2.24, 2.45) is 5.92 Å². The molecule has 0 heterocycles. The van der Waals surface area contributed by atoms with Gasteiger partial charge in [-0.2, -0.15) is 0 Å². The molecule has 0 radical (unpaired) electrons. The zero-order valence-corrected chi connectivity index (χ0v) is 12.4. The summed E-state index contributed by atoms with van der Waals surface area (Å²) in [5.74, 6) is 0.378. The number of rotatable bonds is 5. The molecule has 0 aliphatic heterocycles. The van der Waals surface area contributed by atoms with Crippen LogP contribution in [-0.2, 0) is 10.0 Å². The van der Waals surface area contributed by atoms with Crippen molar-refractivity contribution in [1.29, 1.82) is 0 Å². The van der Waals surface area contributed by atoms with Gasteiger partial charge in [-0.15, -0.1) is 0 Å². The summed E-state index contributed by atoms with van der Waals surface area (Å²) < 4.78 is 27.9. The molecular formula is C16H18N2O2S. The fourth-order valence-corrected chi connectivity index (χ4v) is 3.79. The predicted octanol–water partition coefficient (Wildman–Crippen LogP) is 2.70. The van der Waals surface area contributed by atoms with E-state index in [0.29, 0.717) is 11.6 Å². The fourth-order valence-electron chi connectivity index (χ4n) is 2.44. The van der Waals surface area contributed by atoms with E-state index in [-0.39, 0.29) is 10.9 Å². The van der Waals surface area contributed by atoms with Gasteiger partial charge in [0.05, 0.1) is 4.90 Å². The van der Waals surface area contributed by atoms with Crippen LogP contribution in [0.5, 0.6) is 0 Å². The first-order valence-corrected chi connectivity index (χ1v) is 8.47. The number of hydrogen-bond donors (Lipinski definition) is 2. The number of benzene rings is 2. The van der Waals surface area contributed by atoms with E-state index in [1.54, 1.807) is 18.2 Å². The first kappa shape index (κ1) is 14.1. The van der Waals surface area contributed by atoms with Crippen LogP contribution in [0, 0.1) is 5.92 Å². The van der Waals surface area contributed by atoms with Crippen molar-refractivity contribution in [2.75, 3.05) is 5.73 Å². The van der Waals surface area contributed by atoms with Crippen LogP contribution in [0.15, 0.2) is 59.5 Å². The standard InChI is InChI=1S/C16H18N2O2S/c17-14-7-4-8-15(11-14)21(19,20)18-16(13-9-10-13)12-5-2-1-3-6-12/h1-8,11,13,16,18H,9-10,17H2. The molecule has 3 N–H and O–H groups in total. The Labute approximate surface area is 125 Å². The Morgan fingerprint density at radius 1 is 1.05 bits per heavy atom. The monoisotopic (exact) mass is 302 g/mol. The highest BCUT2D eigenvalue weighted by molar-refractivity contribution is 7.89. The summed E-state index contributed by atoms with van der Waals surface area (Å²) in [6.45, 7) is 0. The maximum absolute atomic E-state index is 12.5. The third-order valence-electron chi connectivity index (χ3n) is 3.70. The Kier molecular flexibility index (Phi) is 3.69. The molecule has 1 unspecified atom stereocenters. The number of nitrogens with two attached hydrogens (primary N) is 1. The molecule has 2 aromatic rings. The number of sulfonamides is 1. The molecule has 0 amide bonds. The van der Waals surface area contributed by atoms with Gasteiger partial charge in [0.1, 0.15) is 0 Å². The number of nitrogen functional groups attached to an aromatic ring is 1. The minimum absolute atomic E-state index is 0.169. The molecule has 4 nitrogen and oxygen atoms in total. The molecule has 3 rings (SSSR count). The first-order valence-electron chi connectivity index (χ1n) is 6.99. The molecule has 0 saturated heterocycles. The van der Waals surface area contributed by atoms with Crippen LogP contribution in [0.4, 0.5) is 5.69 Å². The molecule has 5 heteroatoms. The van der Waals surface area contributed by atoms with Gasteiger partial charge >= 0.3 is 0 Å². The van der Waals surface area contributed by atoms with E-state index >= 15 is 0 Å². The second-order valence-corrected chi connectivity index (χ2v) is 7.13. The van der Waals surface area contributed by atoms with E-state index in [9.17, 15) is 8.42 Å². The second-order valence-electron chi connectivity index (χ2n) is 5.42. The van der Waals surface area contributed by atoms with Gasteiger partial charge in [-0.1, -0.05) is 36.4 Å². The van der Waals surface area contributed by atoms with Gasteiger partial charge in [0.2, 0.25) is 10.0 Å². The fraction of sp³-hybridized carbons (Fsp3) is 0.250. The van der Waals surface area contributed by atoms with Gasteiger partial charge < -0.3 is 5.73 Å². The van der Waals surface area contributed by atoms with E-state index in [1.807, 2.05) is 30.3 Å². The molecule has 2 aromatic carbocycles. The third-order valence-corrected chi connectivity index (χ3v) is 5.14. The SMILES string of the molecule is Nc1cccc(S(=O)(=O)NC(c2ccccc2)C2CC2)c1. The third kappa shape index (κ3) is 3.25. The van der Waals surface area contributed by atoms with Crippen molar-refractivity contribution >= 4 is 15.7 Å². The first-order chi connectivity index (χ1) is 10.1. The molecule has 1 saturated carbocycles. The minimum Gasteiger partial charge on any atom is -0.399 e. The quantitative estimate of drug-likeness (QED) is 0.834. The highest BCUT2D eigenvalue weighted by Gasteiger charge is 2.35. The van der Waals surface area contributed by atoms with Gasteiger partial charge in [-0.05, 0) is 42.5 Å². The van der Waals surface area contributed by atoms with Crippen LogP contribution in [0.1, 0.15) is 24.4 Å². The molecule has 0 spiro atoms. The van der Waals surface area contributed by atoms with E-state index in [4.69, 9.17) is 5.73 Å². The molecule has 1 fully saturated rings. The molecule has 0 bridgehead atoms. The van der Waals surface area contributed by atoms with Gasteiger partial charge in [0.15, 0.2) is 0 Å². The molecule has 110 valence electrons. The van der Waals surface area contributed by atoms with Gasteiger partial charge in [-0.25, -0.2) is 13.1 Å². The number of hydrogen-bond acceptors (Lipinski definition) is 3. The maximum Gasteiger partial charge on any atom is 0.241 e. The lowest BCUT2D eigenvalue weighted by Crippen LogP contribution is -2.30. The topological polar surface area (TPSA) is 72.2 Å². The Morgan fingerprint density at radius 2 is 1.76 bits per heavy atom. The zero-order valence-electron chi connectivity index (χ0n) is 11.6. The van der Waals surface area contributed by atoms with Crippen LogP contribution in [-0.4, -0.2) is 8.42 Å². The Hall–Kier alpha value is -1.85. The molecule has 1 aliphatic rings. The van der Waals surface area contributed by atoms with Crippen molar-refractivity contribution in [2.45, 2.75) is 23.8 Å². The van der Waals surface area contributed by atoms with E-state index in [0.717, 1.165) is 18.4 Å². The normalized spacial score (nSPS) is 16.6. The van der Waals surface area contributed by atoms with Crippen LogP contribution in [0.3, 0.4) is 0 Å². The van der Waals surface area contributed by atoms with Gasteiger partial charge in [-0.3, -0.25) is 0 Å². The maximum atomic E-state index is 12.5. The van der Waals surface area contributed by atoms with Crippen LogP contribution < -0.4 is 10.5 Å². The summed E-state index contributed by atoms with van der Waals surface area (Å²) in [7, 11) is -3.57. The molecule has 1 atom stereocenters. The molecule has 0 aromatic heterocycles. The van der Waals surface area contributed by atoms with Gasteiger partial charge in [0.25, 0.3) is 0 Å². The van der Waals surface area contributed by atoms with E-state index in [2.05, 4.69) is 4.72 Å². The lowest BCUT2D eigenvalue weighted by atomic mass is 10.0. The summed E-state index contributed by atoms with van der Waals surface area (Å²) in [5.41, 5.74) is 7.13. The molecule has 21 heavy (non-hydrogen) atoms. The summed E-state index contributed by atoms with van der Waals surface area (Å²) >= 11 is 0. The van der Waals surface area contributed by atoms with Gasteiger partial charge in [0, 0.05) is 11.7 Å². The molecule has 1 aliphatic carbocycles. The molecular weight excluding hydrogens is 284 g/mol. The largest absolute Gasteiger partial charge is 0.399 e. The van der Waals surface area contributed by atoms with Crippen LogP contribution >= 0.6 is 0 Å². The average Bonchev–Trinajstić information content (AvgIpc) is 3.30. The highest BCUT2D eigenvalue weighted by atomic mass is 32.2. The Bertz CT molecular complexity index is 725. The van der Waals surface area contributed by atoms with Crippen LogP contribution in [0.25, 0.3) is 0 Å². The average molecular weight is 302 g/mol. The smallest absolute Gasteiger partial charge is 0.241 e. The highest BCUT2D eigenvalue weighted by Crippen LogP contribution is 2.41. The zero-order chi connectivity index (χ0) is 14.9. The summed E-state index contributed by atoms with van der Waals surface area (Å²) in [6.07, 6.45) is 2.11. The summed E-state index contributed by atoms with van der Waals surface area (Å²) in [4.78, 5) is 0.212. The van der Waals surface area contributed by atoms with E-state index in [1.165, 1.54) is 6.07 Å². The van der Waals surface area contributed by atoms with Crippen LogP contribution in [0.2, 0.25) is 0 Å². The lowest BCUT2D eigenvalue weighted by Gasteiger charge is -2.19. The van der Waals surface area contributed by atoms with Crippen molar-refractivity contribution < 1.29 is 8.42 Å². The van der Waals surface area contributed by atoms with Crippen molar-refractivity contribution in [1.82, 2.24) is 4.72 Å². The lowest BCUT2D eigenvalue weighted by molar-refractivity contribution is 0.529. The predicted molar refractivity (Wildman–Crippen MR) is 83.1 cm³/mol. The Balaban J connectivity index is 1.89. The second kappa shape index (κ2) is 5.50. The summed E-state index contributed by atoms with van der Waals surface area (Å²) in [5, 5.41) is 0. The number of nitrogens with one attached hydrogen (secondary N) is 1. The minimum atomic E-state index is -3.57. The number of anilines is 1. The van der Waals surface area contributed by atoms with Crippen molar-refractivity contribution in [3.05, 3.63) is 60.2 Å². The van der Waals surface area contributed by atoms with E-state index < -0.39 is 10.0 Å².